The summed E-state index contributed by atoms with van der Waals surface area (Å²) in [6.07, 6.45) is 3.10. The fourth-order valence-corrected chi connectivity index (χ4v) is 2.70. The van der Waals surface area contributed by atoms with E-state index >= 15 is 0 Å². The van der Waals surface area contributed by atoms with E-state index in [9.17, 15) is 0 Å². The van der Waals surface area contributed by atoms with Crippen LogP contribution in [0.4, 0.5) is 0 Å². The number of ether oxygens (including phenoxy) is 2. The van der Waals surface area contributed by atoms with Crippen molar-refractivity contribution in [3.8, 4) is 17.3 Å². The maximum Gasteiger partial charge on any atom is 0.226 e. The van der Waals surface area contributed by atoms with Gasteiger partial charge in [0.15, 0.2) is 0 Å². The monoisotopic (exact) mass is 364 g/mol. The van der Waals surface area contributed by atoms with Crippen molar-refractivity contribution in [1.29, 1.82) is 0 Å². The summed E-state index contributed by atoms with van der Waals surface area (Å²) in [7, 11) is 0. The summed E-state index contributed by atoms with van der Waals surface area (Å²) in [5, 5.41) is 0. The number of allylic oxidation sites excluding steroid dienone is 1. The SMILES string of the molecule is C=C(Cc1ccc(OCCc2nc(-c3ccccc3)oc2C)nc1)OCC. The molecule has 140 valence electrons. The molecule has 0 N–H and O–H groups in total. The molecule has 3 aromatic rings. The van der Waals surface area contributed by atoms with E-state index in [-0.39, 0.29) is 0 Å². The number of nitrogens with zero attached hydrogens (tertiary/aromatic N) is 2. The molecule has 5 nitrogen and oxygen atoms in total. The molecule has 0 atom stereocenters. The Kier molecular flexibility index (Phi) is 6.26. The predicted octanol–water partition coefficient (Wildman–Crippen LogP) is 4.76. The highest BCUT2D eigenvalue weighted by Crippen LogP contribution is 2.21. The standard InChI is InChI=1S/C22H24N2O3/c1-4-25-16(2)14-18-10-11-21(23-15-18)26-13-12-20-17(3)27-22(24-20)19-8-6-5-7-9-19/h5-11,15H,2,4,12-14H2,1,3H3. The van der Waals surface area contributed by atoms with Gasteiger partial charge in [0.25, 0.3) is 0 Å². The van der Waals surface area contributed by atoms with Gasteiger partial charge in [0.05, 0.1) is 24.7 Å². The summed E-state index contributed by atoms with van der Waals surface area (Å²) < 4.78 is 16.9. The van der Waals surface area contributed by atoms with Crippen molar-refractivity contribution in [1.82, 2.24) is 9.97 Å². The summed E-state index contributed by atoms with van der Waals surface area (Å²) >= 11 is 0. The van der Waals surface area contributed by atoms with Crippen LogP contribution in [0, 0.1) is 6.92 Å². The minimum absolute atomic E-state index is 0.486. The van der Waals surface area contributed by atoms with Crippen LogP contribution in [0.5, 0.6) is 5.88 Å². The van der Waals surface area contributed by atoms with E-state index in [0.717, 1.165) is 28.3 Å². The summed E-state index contributed by atoms with van der Waals surface area (Å²) in [5.74, 6) is 2.78. The van der Waals surface area contributed by atoms with Gasteiger partial charge in [-0.2, -0.15) is 0 Å². The third-order valence-electron chi connectivity index (χ3n) is 4.05. The van der Waals surface area contributed by atoms with Gasteiger partial charge in [-0.25, -0.2) is 9.97 Å². The third-order valence-corrected chi connectivity index (χ3v) is 4.05. The van der Waals surface area contributed by atoms with Gasteiger partial charge >= 0.3 is 0 Å². The molecule has 1 aromatic carbocycles. The van der Waals surface area contributed by atoms with Gasteiger partial charge in [0.1, 0.15) is 5.76 Å². The molecule has 5 heteroatoms. The van der Waals surface area contributed by atoms with Gasteiger partial charge in [-0.05, 0) is 31.5 Å². The number of aryl methyl sites for hydroxylation is 1. The Balaban J connectivity index is 1.53. The van der Waals surface area contributed by atoms with Crippen LogP contribution >= 0.6 is 0 Å². The first-order valence-corrected chi connectivity index (χ1v) is 9.05. The molecule has 2 heterocycles. The first-order chi connectivity index (χ1) is 13.2. The lowest BCUT2D eigenvalue weighted by Crippen LogP contribution is -2.04. The van der Waals surface area contributed by atoms with Crippen LogP contribution in [0.3, 0.4) is 0 Å². The van der Waals surface area contributed by atoms with E-state index < -0.39 is 0 Å². The zero-order valence-electron chi connectivity index (χ0n) is 15.8. The van der Waals surface area contributed by atoms with Crippen molar-refractivity contribution in [2.75, 3.05) is 13.2 Å². The smallest absolute Gasteiger partial charge is 0.226 e. The number of rotatable bonds is 9. The topological polar surface area (TPSA) is 57.4 Å². The lowest BCUT2D eigenvalue weighted by Gasteiger charge is -2.08. The van der Waals surface area contributed by atoms with Crippen LogP contribution in [0.2, 0.25) is 0 Å². The summed E-state index contributed by atoms with van der Waals surface area (Å²) in [6, 6.07) is 13.7. The zero-order chi connectivity index (χ0) is 19.1. The van der Waals surface area contributed by atoms with E-state index in [1.54, 1.807) is 6.20 Å². The normalized spacial score (nSPS) is 10.6. The quantitative estimate of drug-likeness (QED) is 0.512. The number of pyridine rings is 1. The van der Waals surface area contributed by atoms with E-state index in [1.165, 1.54) is 0 Å². The lowest BCUT2D eigenvalue weighted by molar-refractivity contribution is 0.225. The molecule has 0 bridgehead atoms. The average Bonchev–Trinajstić information content (AvgIpc) is 3.05. The highest BCUT2D eigenvalue weighted by atomic mass is 16.5. The van der Waals surface area contributed by atoms with Gasteiger partial charge in [0, 0.05) is 30.7 Å². The average molecular weight is 364 g/mol. The molecule has 0 amide bonds. The number of hydrogen-bond donors (Lipinski definition) is 0. The molecule has 27 heavy (non-hydrogen) atoms. The molecule has 0 aliphatic rings. The Hall–Kier alpha value is -3.08. The van der Waals surface area contributed by atoms with Gasteiger partial charge in [-0.1, -0.05) is 30.8 Å². The van der Waals surface area contributed by atoms with E-state index in [2.05, 4.69) is 16.5 Å². The van der Waals surface area contributed by atoms with Gasteiger partial charge < -0.3 is 13.9 Å². The molecule has 0 spiro atoms. The number of benzene rings is 1. The number of hydrogen-bond acceptors (Lipinski definition) is 5. The highest BCUT2D eigenvalue weighted by molar-refractivity contribution is 5.53. The van der Waals surface area contributed by atoms with Gasteiger partial charge in [-0.15, -0.1) is 0 Å². The molecule has 0 fully saturated rings. The van der Waals surface area contributed by atoms with Crippen LogP contribution in [0.1, 0.15) is 23.9 Å². The molecule has 0 saturated carbocycles. The number of aromatic nitrogens is 2. The fourth-order valence-electron chi connectivity index (χ4n) is 2.70. The second-order valence-corrected chi connectivity index (χ2v) is 6.14. The molecule has 2 aromatic heterocycles. The van der Waals surface area contributed by atoms with Crippen LogP contribution in [0.25, 0.3) is 11.5 Å². The summed E-state index contributed by atoms with van der Waals surface area (Å²) in [6.45, 7) is 8.86. The van der Waals surface area contributed by atoms with Crippen molar-refractivity contribution in [2.45, 2.75) is 26.7 Å². The second-order valence-electron chi connectivity index (χ2n) is 6.14. The first-order valence-electron chi connectivity index (χ1n) is 9.05. The van der Waals surface area contributed by atoms with E-state index in [0.29, 0.717) is 37.8 Å². The lowest BCUT2D eigenvalue weighted by atomic mass is 10.2. The zero-order valence-corrected chi connectivity index (χ0v) is 15.8. The predicted molar refractivity (Wildman–Crippen MR) is 105 cm³/mol. The van der Waals surface area contributed by atoms with Crippen LogP contribution in [0.15, 0.2) is 65.4 Å². The molecule has 0 unspecified atom stereocenters. The largest absolute Gasteiger partial charge is 0.498 e. The Bertz CT molecular complexity index is 870. The molecule has 3 rings (SSSR count). The van der Waals surface area contributed by atoms with Gasteiger partial charge in [0.2, 0.25) is 11.8 Å². The number of oxazole rings is 1. The van der Waals surface area contributed by atoms with Crippen molar-refractivity contribution < 1.29 is 13.9 Å². The Labute approximate surface area is 159 Å². The Morgan fingerprint density at radius 3 is 2.67 bits per heavy atom. The minimum Gasteiger partial charge on any atom is -0.498 e. The molecule has 0 aliphatic carbocycles. The minimum atomic E-state index is 0.486. The summed E-state index contributed by atoms with van der Waals surface area (Å²) in [5.41, 5.74) is 2.91. The Morgan fingerprint density at radius 2 is 1.96 bits per heavy atom. The van der Waals surface area contributed by atoms with Crippen LogP contribution in [-0.4, -0.2) is 23.2 Å². The third kappa shape index (κ3) is 5.20. The molecular weight excluding hydrogens is 340 g/mol. The van der Waals surface area contributed by atoms with Crippen molar-refractivity contribution in [2.24, 2.45) is 0 Å². The molecule has 0 aliphatic heterocycles. The van der Waals surface area contributed by atoms with Crippen molar-refractivity contribution in [3.05, 3.63) is 78.0 Å². The second kappa shape index (κ2) is 9.03. The fraction of sp³-hybridized carbons (Fsp3) is 0.273. The van der Waals surface area contributed by atoms with Crippen molar-refractivity contribution >= 4 is 0 Å². The molecule has 0 radical (unpaired) electrons. The molecule has 0 saturated heterocycles. The van der Waals surface area contributed by atoms with Crippen LogP contribution < -0.4 is 4.74 Å². The highest BCUT2D eigenvalue weighted by Gasteiger charge is 2.11. The maximum absolute atomic E-state index is 5.77. The first kappa shape index (κ1) is 18.7. The Morgan fingerprint density at radius 1 is 1.15 bits per heavy atom. The van der Waals surface area contributed by atoms with E-state index in [1.807, 2.05) is 56.3 Å². The van der Waals surface area contributed by atoms with Gasteiger partial charge in [-0.3, -0.25) is 0 Å². The van der Waals surface area contributed by atoms with Crippen LogP contribution in [-0.2, 0) is 17.6 Å². The maximum atomic E-state index is 5.77. The van der Waals surface area contributed by atoms with E-state index in [4.69, 9.17) is 13.9 Å². The van der Waals surface area contributed by atoms with Crippen molar-refractivity contribution in [3.63, 3.8) is 0 Å². The molecular formula is C22H24N2O3. The summed E-state index contributed by atoms with van der Waals surface area (Å²) in [4.78, 5) is 8.92.